The second-order valence-corrected chi connectivity index (χ2v) is 8.92. The third kappa shape index (κ3) is 5.04. The molecule has 1 saturated heterocycles. The number of methoxy groups -OCH3 is 1. The number of H-pyrrole nitrogens is 1. The summed E-state index contributed by atoms with van der Waals surface area (Å²) >= 11 is 0. The van der Waals surface area contributed by atoms with Gasteiger partial charge < -0.3 is 14.4 Å². The Balaban J connectivity index is 1.34. The molecule has 9 nitrogen and oxygen atoms in total. The summed E-state index contributed by atoms with van der Waals surface area (Å²) in [6.45, 7) is 2.62. The van der Waals surface area contributed by atoms with Gasteiger partial charge in [-0.3, -0.25) is 9.69 Å². The van der Waals surface area contributed by atoms with Crippen molar-refractivity contribution in [1.82, 2.24) is 25.5 Å². The molecule has 2 heterocycles. The molecule has 0 unspecified atom stereocenters. The number of rotatable bonds is 9. The summed E-state index contributed by atoms with van der Waals surface area (Å²) in [6.07, 6.45) is 4.54. The molecule has 2 fully saturated rings. The first-order valence-electron chi connectivity index (χ1n) is 11.8. The van der Waals surface area contributed by atoms with E-state index in [1.54, 1.807) is 7.11 Å². The molecule has 2 aliphatic rings. The Kier molecular flexibility index (Phi) is 6.71. The van der Waals surface area contributed by atoms with Crippen LogP contribution in [0.1, 0.15) is 35.4 Å². The number of carbonyl (C=O) groups is 1. The van der Waals surface area contributed by atoms with Crippen LogP contribution in [0.3, 0.4) is 0 Å². The number of tetrazole rings is 1. The molecule has 1 atom stereocenters. The van der Waals surface area contributed by atoms with Gasteiger partial charge in [0.05, 0.1) is 19.8 Å². The van der Waals surface area contributed by atoms with Crippen LogP contribution in [0.25, 0.3) is 0 Å². The highest BCUT2D eigenvalue weighted by Gasteiger charge is 2.30. The van der Waals surface area contributed by atoms with E-state index in [0.29, 0.717) is 0 Å². The van der Waals surface area contributed by atoms with Crippen LogP contribution in [-0.2, 0) is 6.42 Å². The van der Waals surface area contributed by atoms with Gasteiger partial charge in [0.2, 0.25) is 11.6 Å². The normalized spacial score (nSPS) is 19.0. The monoisotopic (exact) mass is 462 g/mol. The zero-order valence-corrected chi connectivity index (χ0v) is 19.4. The van der Waals surface area contributed by atoms with Crippen molar-refractivity contribution in [3.05, 3.63) is 59.9 Å². The van der Waals surface area contributed by atoms with Gasteiger partial charge in [-0.15, -0.1) is 10.2 Å². The molecule has 1 N–H and O–H groups in total. The maximum atomic E-state index is 12.7. The van der Waals surface area contributed by atoms with E-state index in [1.807, 2.05) is 12.1 Å². The Morgan fingerprint density at radius 1 is 1.12 bits per heavy atom. The maximum Gasteiger partial charge on any atom is 0.241 e. The molecule has 2 aromatic carbocycles. The molecule has 1 aliphatic heterocycles. The summed E-state index contributed by atoms with van der Waals surface area (Å²) in [5.41, 5.74) is 2.35. The van der Waals surface area contributed by atoms with Crippen LogP contribution in [0, 0.1) is 0 Å². The molecule has 0 spiro atoms. The number of aromatic amines is 1. The van der Waals surface area contributed by atoms with E-state index in [1.165, 1.54) is 12.0 Å². The third-order valence-corrected chi connectivity index (χ3v) is 6.72. The molecule has 1 aromatic heterocycles. The van der Waals surface area contributed by atoms with Crippen molar-refractivity contribution in [1.29, 1.82) is 0 Å². The Bertz CT molecular complexity index is 1090. The molecule has 178 valence electrons. The average molecular weight is 463 g/mol. The molecule has 9 heteroatoms. The van der Waals surface area contributed by atoms with Crippen LogP contribution in [-0.4, -0.2) is 76.7 Å². The third-order valence-electron chi connectivity index (χ3n) is 6.72. The van der Waals surface area contributed by atoms with Crippen molar-refractivity contribution in [2.45, 2.75) is 37.8 Å². The molecule has 0 radical (unpaired) electrons. The van der Waals surface area contributed by atoms with Gasteiger partial charge in [0, 0.05) is 37.4 Å². The summed E-state index contributed by atoms with van der Waals surface area (Å²) < 4.78 is 11.8. The summed E-state index contributed by atoms with van der Waals surface area (Å²) in [6, 6.07) is 16.7. The van der Waals surface area contributed by atoms with E-state index in [2.05, 4.69) is 66.8 Å². The van der Waals surface area contributed by atoms with E-state index < -0.39 is 0 Å². The van der Waals surface area contributed by atoms with Crippen LogP contribution in [0.15, 0.2) is 48.5 Å². The van der Waals surface area contributed by atoms with Gasteiger partial charge in [0.25, 0.3) is 0 Å². The molecule has 0 bridgehead atoms. The van der Waals surface area contributed by atoms with Gasteiger partial charge in [-0.05, 0) is 48.6 Å². The van der Waals surface area contributed by atoms with Crippen molar-refractivity contribution in [3.63, 3.8) is 0 Å². The second-order valence-electron chi connectivity index (χ2n) is 8.92. The van der Waals surface area contributed by atoms with E-state index >= 15 is 0 Å². The Morgan fingerprint density at radius 3 is 2.68 bits per heavy atom. The van der Waals surface area contributed by atoms with Crippen molar-refractivity contribution < 1.29 is 14.3 Å². The molecule has 34 heavy (non-hydrogen) atoms. The summed E-state index contributed by atoms with van der Waals surface area (Å²) in [4.78, 5) is 17.3. The predicted octanol–water partition coefficient (Wildman–Crippen LogP) is 2.76. The standard InChI is InChI=1S/C25H30N6O3/c1-33-23-11-10-19(15-24(23)34-21-8-5-9-21)30-12-13-31(17-22(32)25-26-28-29-27-25)20(16-30)14-18-6-3-2-4-7-18/h2-4,6-7,10-11,15,20-21H,5,8-9,12-14,16-17H2,1H3,(H,26,27,28,29)/t20-/m0/s1. The minimum atomic E-state index is -0.124. The first kappa shape index (κ1) is 22.3. The van der Waals surface area contributed by atoms with Gasteiger partial charge in [-0.1, -0.05) is 30.3 Å². The number of nitrogens with one attached hydrogen (secondary N) is 1. The number of hydrogen-bond acceptors (Lipinski definition) is 8. The van der Waals surface area contributed by atoms with Crippen LogP contribution in [0.2, 0.25) is 0 Å². The number of piperazine rings is 1. The number of benzene rings is 2. The lowest BCUT2D eigenvalue weighted by Crippen LogP contribution is -2.55. The SMILES string of the molecule is COc1ccc(N2CCN(CC(=O)c3nn[nH]n3)[C@@H](Cc3ccccc3)C2)cc1OC1CCC1. The molecule has 1 aliphatic carbocycles. The van der Waals surface area contributed by atoms with Gasteiger partial charge >= 0.3 is 0 Å². The van der Waals surface area contributed by atoms with Gasteiger partial charge in [0.15, 0.2) is 11.5 Å². The van der Waals surface area contributed by atoms with Gasteiger partial charge in [-0.2, -0.15) is 5.21 Å². The Morgan fingerprint density at radius 2 is 1.97 bits per heavy atom. The lowest BCUT2D eigenvalue weighted by atomic mass is 9.96. The number of nitrogens with zero attached hydrogens (tertiary/aromatic N) is 5. The maximum absolute atomic E-state index is 12.7. The minimum absolute atomic E-state index is 0.124. The topological polar surface area (TPSA) is 96.5 Å². The van der Waals surface area contributed by atoms with Crippen LogP contribution < -0.4 is 14.4 Å². The van der Waals surface area contributed by atoms with Crippen molar-refractivity contribution >= 4 is 11.5 Å². The molecule has 3 aromatic rings. The quantitative estimate of drug-likeness (QED) is 0.485. The van der Waals surface area contributed by atoms with E-state index in [-0.39, 0.29) is 30.3 Å². The fourth-order valence-electron chi connectivity index (χ4n) is 4.57. The van der Waals surface area contributed by atoms with Crippen LogP contribution in [0.5, 0.6) is 11.5 Å². The number of anilines is 1. The average Bonchev–Trinajstić information content (AvgIpc) is 3.38. The number of ketones is 1. The predicted molar refractivity (Wildman–Crippen MR) is 127 cm³/mol. The Labute approximate surface area is 199 Å². The summed E-state index contributed by atoms with van der Waals surface area (Å²) in [5, 5.41) is 13.6. The van der Waals surface area contributed by atoms with Crippen molar-refractivity contribution in [2.24, 2.45) is 0 Å². The van der Waals surface area contributed by atoms with Gasteiger partial charge in [0.1, 0.15) is 0 Å². The molecule has 5 rings (SSSR count). The fraction of sp³-hybridized carbons (Fsp3) is 0.440. The summed E-state index contributed by atoms with van der Waals surface area (Å²) in [5.74, 6) is 1.58. The number of Topliss-reactive ketones (excluding diaryl/α,β-unsaturated/α-hetero) is 1. The first-order valence-corrected chi connectivity index (χ1v) is 11.8. The lowest BCUT2D eigenvalue weighted by molar-refractivity contribution is 0.0865. The van der Waals surface area contributed by atoms with E-state index in [0.717, 1.165) is 56.1 Å². The molecular formula is C25H30N6O3. The minimum Gasteiger partial charge on any atom is -0.493 e. The lowest BCUT2D eigenvalue weighted by Gasteiger charge is -2.42. The number of aromatic nitrogens is 4. The number of hydrogen-bond donors (Lipinski definition) is 1. The zero-order valence-electron chi connectivity index (χ0n) is 19.4. The second kappa shape index (κ2) is 10.2. The molecular weight excluding hydrogens is 432 g/mol. The number of ether oxygens (including phenoxy) is 2. The molecule has 1 saturated carbocycles. The zero-order chi connectivity index (χ0) is 23.3. The Hall–Kier alpha value is -3.46. The highest BCUT2D eigenvalue weighted by Crippen LogP contribution is 2.36. The van der Waals surface area contributed by atoms with Crippen molar-refractivity contribution in [3.8, 4) is 11.5 Å². The van der Waals surface area contributed by atoms with Crippen LogP contribution >= 0.6 is 0 Å². The highest BCUT2D eigenvalue weighted by atomic mass is 16.5. The van der Waals surface area contributed by atoms with E-state index in [4.69, 9.17) is 9.47 Å². The van der Waals surface area contributed by atoms with Crippen LogP contribution in [0.4, 0.5) is 5.69 Å². The largest absolute Gasteiger partial charge is 0.493 e. The first-order chi connectivity index (χ1) is 16.7. The van der Waals surface area contributed by atoms with Crippen molar-refractivity contribution in [2.75, 3.05) is 38.2 Å². The molecule has 0 amide bonds. The number of carbonyl (C=O) groups excluding carboxylic acids is 1. The van der Waals surface area contributed by atoms with Gasteiger partial charge in [-0.25, -0.2) is 0 Å². The summed E-state index contributed by atoms with van der Waals surface area (Å²) in [7, 11) is 1.68. The van der Waals surface area contributed by atoms with E-state index in [9.17, 15) is 4.79 Å². The smallest absolute Gasteiger partial charge is 0.241 e. The highest BCUT2D eigenvalue weighted by molar-refractivity contribution is 5.93. The fourth-order valence-corrected chi connectivity index (χ4v) is 4.57.